The van der Waals surface area contributed by atoms with E-state index < -0.39 is 0 Å². The van der Waals surface area contributed by atoms with Crippen LogP contribution in [0, 0.1) is 12.7 Å². The molecular formula is C20H18ClFN4O. The van der Waals surface area contributed by atoms with Crippen LogP contribution in [0.2, 0.25) is 5.02 Å². The highest BCUT2D eigenvalue weighted by atomic mass is 35.5. The van der Waals surface area contributed by atoms with Gasteiger partial charge in [-0.05, 0) is 55.3 Å². The lowest BCUT2D eigenvalue weighted by Gasteiger charge is -2.09. The van der Waals surface area contributed by atoms with Crippen molar-refractivity contribution in [2.75, 3.05) is 17.2 Å². The molecule has 1 aromatic heterocycles. The minimum Gasteiger partial charge on any atom is -0.354 e. The molecule has 7 heteroatoms. The summed E-state index contributed by atoms with van der Waals surface area (Å²) in [4.78, 5) is 21.0. The molecule has 0 aliphatic carbocycles. The molecule has 2 N–H and O–H groups in total. The van der Waals surface area contributed by atoms with Gasteiger partial charge in [-0.15, -0.1) is 0 Å². The van der Waals surface area contributed by atoms with Gasteiger partial charge in [-0.1, -0.05) is 29.8 Å². The molecule has 0 unspecified atom stereocenters. The Morgan fingerprint density at radius 2 is 1.85 bits per heavy atom. The van der Waals surface area contributed by atoms with Gasteiger partial charge in [0.05, 0.1) is 0 Å². The molecule has 3 aromatic rings. The number of hydrogen-bond donors (Lipinski definition) is 2. The Kier molecular flexibility index (Phi) is 5.98. The fourth-order valence-electron chi connectivity index (χ4n) is 2.50. The molecule has 0 aliphatic heterocycles. The van der Waals surface area contributed by atoms with Gasteiger partial charge in [0.15, 0.2) is 0 Å². The van der Waals surface area contributed by atoms with Crippen molar-refractivity contribution in [3.63, 3.8) is 0 Å². The number of anilines is 2. The van der Waals surface area contributed by atoms with Gasteiger partial charge in [0.1, 0.15) is 11.5 Å². The first-order valence-electron chi connectivity index (χ1n) is 8.41. The van der Waals surface area contributed by atoms with Gasteiger partial charge in [0.2, 0.25) is 5.95 Å². The number of carbonyl (C=O) groups is 1. The van der Waals surface area contributed by atoms with Crippen molar-refractivity contribution in [3.8, 4) is 0 Å². The largest absolute Gasteiger partial charge is 0.354 e. The second kappa shape index (κ2) is 8.60. The van der Waals surface area contributed by atoms with Crippen LogP contribution in [0.5, 0.6) is 0 Å². The number of benzene rings is 2. The van der Waals surface area contributed by atoms with E-state index in [9.17, 15) is 9.18 Å². The van der Waals surface area contributed by atoms with Crippen molar-refractivity contribution in [1.29, 1.82) is 0 Å². The molecular weight excluding hydrogens is 367 g/mol. The molecule has 138 valence electrons. The van der Waals surface area contributed by atoms with Crippen LogP contribution in [-0.2, 0) is 6.42 Å². The van der Waals surface area contributed by atoms with E-state index in [2.05, 4.69) is 20.6 Å². The molecule has 0 radical (unpaired) electrons. The zero-order valence-corrected chi connectivity index (χ0v) is 15.4. The summed E-state index contributed by atoms with van der Waals surface area (Å²) in [5.41, 5.74) is 2.12. The molecule has 1 amide bonds. The standard InChI is InChI=1S/C20H18ClFN4O/c1-13-12-18(19(27)25-16-8-6-15(21)7-9-16)26-20(24-13)23-11-10-14-4-2-3-5-17(14)22/h2-9,12H,10-11H2,1H3,(H,25,27)(H,23,24,26). The highest BCUT2D eigenvalue weighted by Crippen LogP contribution is 2.15. The third kappa shape index (κ3) is 5.24. The first-order valence-corrected chi connectivity index (χ1v) is 8.79. The molecule has 27 heavy (non-hydrogen) atoms. The average molecular weight is 385 g/mol. The quantitative estimate of drug-likeness (QED) is 0.657. The third-order valence-corrected chi connectivity index (χ3v) is 4.08. The van der Waals surface area contributed by atoms with Gasteiger partial charge in [0, 0.05) is 22.9 Å². The maximum absolute atomic E-state index is 13.7. The zero-order chi connectivity index (χ0) is 19.2. The van der Waals surface area contributed by atoms with Crippen LogP contribution in [0.4, 0.5) is 16.0 Å². The van der Waals surface area contributed by atoms with E-state index in [1.165, 1.54) is 6.07 Å². The number of amides is 1. The number of aryl methyl sites for hydroxylation is 1. The first-order chi connectivity index (χ1) is 13.0. The van der Waals surface area contributed by atoms with E-state index in [0.29, 0.717) is 40.9 Å². The molecule has 0 spiro atoms. The van der Waals surface area contributed by atoms with E-state index in [1.54, 1.807) is 55.5 Å². The van der Waals surface area contributed by atoms with Crippen LogP contribution in [-0.4, -0.2) is 22.4 Å². The topological polar surface area (TPSA) is 66.9 Å². The van der Waals surface area contributed by atoms with Crippen molar-refractivity contribution in [3.05, 3.63) is 82.4 Å². The Hall–Kier alpha value is -2.99. The highest BCUT2D eigenvalue weighted by molar-refractivity contribution is 6.30. The highest BCUT2D eigenvalue weighted by Gasteiger charge is 2.11. The van der Waals surface area contributed by atoms with Gasteiger partial charge in [0.25, 0.3) is 5.91 Å². The second-order valence-electron chi connectivity index (χ2n) is 5.95. The maximum atomic E-state index is 13.7. The van der Waals surface area contributed by atoms with Gasteiger partial charge < -0.3 is 10.6 Å². The molecule has 0 saturated heterocycles. The lowest BCUT2D eigenvalue weighted by Crippen LogP contribution is -2.17. The molecule has 0 aliphatic rings. The fourth-order valence-corrected chi connectivity index (χ4v) is 2.63. The van der Waals surface area contributed by atoms with Gasteiger partial charge in [-0.25, -0.2) is 14.4 Å². The smallest absolute Gasteiger partial charge is 0.274 e. The minimum atomic E-state index is -0.347. The lowest BCUT2D eigenvalue weighted by molar-refractivity contribution is 0.102. The average Bonchev–Trinajstić information content (AvgIpc) is 2.65. The molecule has 3 rings (SSSR count). The van der Waals surface area contributed by atoms with E-state index >= 15 is 0 Å². The molecule has 1 heterocycles. The van der Waals surface area contributed by atoms with Crippen LogP contribution in [0.1, 0.15) is 21.7 Å². The van der Waals surface area contributed by atoms with Crippen LogP contribution in [0.3, 0.4) is 0 Å². The lowest BCUT2D eigenvalue weighted by atomic mass is 10.1. The van der Waals surface area contributed by atoms with E-state index in [4.69, 9.17) is 11.6 Å². The molecule has 0 atom stereocenters. The number of hydrogen-bond acceptors (Lipinski definition) is 4. The number of nitrogens with one attached hydrogen (secondary N) is 2. The summed E-state index contributed by atoms with van der Waals surface area (Å²) in [7, 11) is 0. The molecule has 0 saturated carbocycles. The third-order valence-electron chi connectivity index (χ3n) is 3.82. The predicted octanol–water partition coefficient (Wildman–Crippen LogP) is 4.48. The number of nitrogens with zero attached hydrogens (tertiary/aromatic N) is 2. The number of aromatic nitrogens is 2. The summed E-state index contributed by atoms with van der Waals surface area (Å²) in [6.45, 7) is 2.23. The summed E-state index contributed by atoms with van der Waals surface area (Å²) in [5, 5.41) is 6.40. The van der Waals surface area contributed by atoms with Crippen molar-refractivity contribution in [2.24, 2.45) is 0 Å². The Balaban J connectivity index is 1.65. The van der Waals surface area contributed by atoms with Crippen LogP contribution in [0.25, 0.3) is 0 Å². The van der Waals surface area contributed by atoms with Gasteiger partial charge in [-0.3, -0.25) is 4.79 Å². The molecule has 5 nitrogen and oxygen atoms in total. The minimum absolute atomic E-state index is 0.242. The van der Waals surface area contributed by atoms with E-state index in [0.717, 1.165) is 0 Å². The second-order valence-corrected chi connectivity index (χ2v) is 6.38. The molecule has 2 aromatic carbocycles. The number of rotatable bonds is 6. The zero-order valence-electron chi connectivity index (χ0n) is 14.7. The van der Waals surface area contributed by atoms with Crippen molar-refractivity contribution in [1.82, 2.24) is 9.97 Å². The summed E-state index contributed by atoms with van der Waals surface area (Å²) in [6, 6.07) is 15.0. The van der Waals surface area contributed by atoms with Crippen molar-refractivity contribution < 1.29 is 9.18 Å². The predicted molar refractivity (Wildman–Crippen MR) is 105 cm³/mol. The summed E-state index contributed by atoms with van der Waals surface area (Å²) in [6.07, 6.45) is 0.482. The Morgan fingerprint density at radius 3 is 2.59 bits per heavy atom. The maximum Gasteiger partial charge on any atom is 0.274 e. The van der Waals surface area contributed by atoms with Crippen molar-refractivity contribution in [2.45, 2.75) is 13.3 Å². The fraction of sp³-hybridized carbons (Fsp3) is 0.150. The number of carbonyl (C=O) groups excluding carboxylic acids is 1. The molecule has 0 fully saturated rings. The van der Waals surface area contributed by atoms with Gasteiger partial charge >= 0.3 is 0 Å². The van der Waals surface area contributed by atoms with Crippen LogP contribution in [0.15, 0.2) is 54.6 Å². The van der Waals surface area contributed by atoms with Crippen LogP contribution < -0.4 is 10.6 Å². The summed E-state index contributed by atoms with van der Waals surface area (Å²) in [5.74, 6) is -0.264. The molecule has 0 bridgehead atoms. The normalized spacial score (nSPS) is 10.5. The monoisotopic (exact) mass is 384 g/mol. The summed E-state index contributed by atoms with van der Waals surface area (Å²) < 4.78 is 13.7. The Morgan fingerprint density at radius 1 is 1.11 bits per heavy atom. The summed E-state index contributed by atoms with van der Waals surface area (Å²) >= 11 is 5.84. The Labute approximate surface area is 161 Å². The van der Waals surface area contributed by atoms with E-state index in [-0.39, 0.29) is 17.4 Å². The van der Waals surface area contributed by atoms with Gasteiger partial charge in [-0.2, -0.15) is 0 Å². The Bertz CT molecular complexity index is 947. The number of halogens is 2. The van der Waals surface area contributed by atoms with E-state index in [1.807, 2.05) is 0 Å². The SMILES string of the molecule is Cc1cc(C(=O)Nc2ccc(Cl)cc2)nc(NCCc2ccccc2F)n1. The van der Waals surface area contributed by atoms with Crippen LogP contribution >= 0.6 is 11.6 Å². The van der Waals surface area contributed by atoms with Crippen molar-refractivity contribution >= 4 is 29.1 Å². The first kappa shape index (κ1) is 18.8.